The SMILES string of the molecule is N#Cc1c2n(c(=O)n(CC(O)COc3ccc4ccccc4c3)c1=O)CCC2. The number of ether oxygens (including phenoxy) is 1. The summed E-state index contributed by atoms with van der Waals surface area (Å²) in [5.74, 6) is 0.591. The van der Waals surface area contributed by atoms with Gasteiger partial charge in [-0.25, -0.2) is 4.79 Å². The van der Waals surface area contributed by atoms with Crippen molar-refractivity contribution in [2.45, 2.75) is 32.0 Å². The summed E-state index contributed by atoms with van der Waals surface area (Å²) < 4.78 is 8.03. The molecule has 2 heterocycles. The molecule has 0 spiro atoms. The lowest BCUT2D eigenvalue weighted by molar-refractivity contribution is 0.0900. The van der Waals surface area contributed by atoms with Gasteiger partial charge in [-0.05, 0) is 35.7 Å². The van der Waals surface area contributed by atoms with Gasteiger partial charge in [0, 0.05) is 12.2 Å². The topological polar surface area (TPSA) is 97.2 Å². The zero-order valence-electron chi connectivity index (χ0n) is 15.2. The second-order valence-electron chi connectivity index (χ2n) is 6.86. The lowest BCUT2D eigenvalue weighted by Gasteiger charge is -2.15. The molecule has 1 aliphatic rings. The maximum absolute atomic E-state index is 12.6. The Bertz CT molecular complexity index is 1200. The normalized spacial score (nSPS) is 13.9. The highest BCUT2D eigenvalue weighted by atomic mass is 16.5. The van der Waals surface area contributed by atoms with Crippen LogP contribution in [0.5, 0.6) is 5.75 Å². The van der Waals surface area contributed by atoms with E-state index in [0.717, 1.165) is 21.8 Å². The van der Waals surface area contributed by atoms with E-state index in [0.29, 0.717) is 24.4 Å². The van der Waals surface area contributed by atoms with Gasteiger partial charge >= 0.3 is 5.69 Å². The quantitative estimate of drug-likeness (QED) is 0.725. The average Bonchev–Trinajstić information content (AvgIpc) is 3.19. The van der Waals surface area contributed by atoms with Gasteiger partial charge in [0.1, 0.15) is 30.1 Å². The molecule has 2 aromatic carbocycles. The van der Waals surface area contributed by atoms with Crippen LogP contribution in [-0.2, 0) is 19.5 Å². The third kappa shape index (κ3) is 3.19. The molecule has 0 saturated carbocycles. The summed E-state index contributed by atoms with van der Waals surface area (Å²) in [6, 6.07) is 15.3. The van der Waals surface area contributed by atoms with Gasteiger partial charge in [0.05, 0.1) is 6.54 Å². The predicted molar refractivity (Wildman–Crippen MR) is 103 cm³/mol. The molecule has 0 saturated heterocycles. The van der Waals surface area contributed by atoms with Crippen LogP contribution >= 0.6 is 0 Å². The number of hydrogen-bond acceptors (Lipinski definition) is 5. The number of nitrogens with zero attached hydrogens (tertiary/aromatic N) is 3. The molecule has 0 bridgehead atoms. The summed E-state index contributed by atoms with van der Waals surface area (Å²) in [4.78, 5) is 25.1. The number of aromatic nitrogens is 2. The maximum atomic E-state index is 12.6. The molecule has 1 unspecified atom stereocenters. The van der Waals surface area contributed by atoms with Crippen LogP contribution in [0.4, 0.5) is 0 Å². The monoisotopic (exact) mass is 377 g/mol. The summed E-state index contributed by atoms with van der Waals surface area (Å²) in [5, 5.41) is 21.7. The van der Waals surface area contributed by atoms with E-state index in [9.17, 15) is 20.0 Å². The fraction of sp³-hybridized carbons (Fsp3) is 0.286. The lowest BCUT2D eigenvalue weighted by Crippen LogP contribution is -2.44. The fourth-order valence-corrected chi connectivity index (χ4v) is 3.62. The molecule has 1 N–H and O–H groups in total. The van der Waals surface area contributed by atoms with Crippen LogP contribution in [-0.4, -0.2) is 27.0 Å². The third-order valence-electron chi connectivity index (χ3n) is 5.00. The minimum absolute atomic E-state index is 0.0141. The summed E-state index contributed by atoms with van der Waals surface area (Å²) >= 11 is 0. The molecule has 7 heteroatoms. The van der Waals surface area contributed by atoms with Crippen LogP contribution in [0.15, 0.2) is 52.1 Å². The number of benzene rings is 2. The number of hydrogen-bond donors (Lipinski definition) is 1. The molecule has 0 radical (unpaired) electrons. The first-order valence-corrected chi connectivity index (χ1v) is 9.15. The molecule has 1 aliphatic heterocycles. The van der Waals surface area contributed by atoms with Gasteiger partial charge in [-0.3, -0.25) is 13.9 Å². The number of nitriles is 1. The lowest BCUT2D eigenvalue weighted by atomic mass is 10.1. The van der Waals surface area contributed by atoms with Gasteiger partial charge in [-0.2, -0.15) is 5.26 Å². The number of rotatable bonds is 5. The summed E-state index contributed by atoms with van der Waals surface area (Å²) in [7, 11) is 0. The molecule has 3 aromatic rings. The largest absolute Gasteiger partial charge is 0.491 e. The van der Waals surface area contributed by atoms with Gasteiger partial charge in [0.25, 0.3) is 5.56 Å². The average molecular weight is 377 g/mol. The zero-order valence-corrected chi connectivity index (χ0v) is 15.2. The zero-order chi connectivity index (χ0) is 19.7. The molecule has 1 aromatic heterocycles. The van der Waals surface area contributed by atoms with Crippen LogP contribution in [0, 0.1) is 11.3 Å². The Kier molecular flexibility index (Phi) is 4.72. The van der Waals surface area contributed by atoms with Crippen LogP contribution in [0.1, 0.15) is 17.7 Å². The smallest absolute Gasteiger partial charge is 0.331 e. The van der Waals surface area contributed by atoms with Crippen LogP contribution < -0.4 is 16.0 Å². The first-order valence-electron chi connectivity index (χ1n) is 9.15. The summed E-state index contributed by atoms with van der Waals surface area (Å²) in [5.41, 5.74) is -0.651. The first-order chi connectivity index (χ1) is 13.6. The molecular formula is C21H19N3O4. The van der Waals surface area contributed by atoms with E-state index in [1.165, 1.54) is 4.57 Å². The third-order valence-corrected chi connectivity index (χ3v) is 5.00. The van der Waals surface area contributed by atoms with Crippen molar-refractivity contribution in [3.05, 3.63) is 74.6 Å². The van der Waals surface area contributed by atoms with E-state index < -0.39 is 17.4 Å². The van der Waals surface area contributed by atoms with Crippen molar-refractivity contribution in [3.63, 3.8) is 0 Å². The van der Waals surface area contributed by atoms with E-state index in [4.69, 9.17) is 4.74 Å². The van der Waals surface area contributed by atoms with Crippen molar-refractivity contribution >= 4 is 10.8 Å². The maximum Gasteiger partial charge on any atom is 0.331 e. The van der Waals surface area contributed by atoms with Crippen molar-refractivity contribution < 1.29 is 9.84 Å². The minimum atomic E-state index is -1.07. The van der Waals surface area contributed by atoms with Crippen molar-refractivity contribution in [2.75, 3.05) is 6.61 Å². The standard InChI is InChI=1S/C21H19N3O4/c22-11-18-19-6-3-9-23(19)21(27)24(20(18)26)12-16(25)13-28-17-8-7-14-4-1-2-5-15(14)10-17/h1-2,4-5,7-8,10,16,25H,3,6,9,12-13H2. The summed E-state index contributed by atoms with van der Waals surface area (Å²) in [6.45, 7) is 0.181. The molecule has 142 valence electrons. The number of aliphatic hydroxyl groups excluding tert-OH is 1. The predicted octanol–water partition coefficient (Wildman–Crippen LogP) is 1.42. The highest BCUT2D eigenvalue weighted by Gasteiger charge is 2.23. The second kappa shape index (κ2) is 7.33. The highest BCUT2D eigenvalue weighted by molar-refractivity contribution is 5.83. The van der Waals surface area contributed by atoms with E-state index in [1.807, 2.05) is 42.5 Å². The van der Waals surface area contributed by atoms with Gasteiger partial charge in [-0.1, -0.05) is 30.3 Å². The molecule has 0 amide bonds. The van der Waals surface area contributed by atoms with Crippen LogP contribution in [0.25, 0.3) is 10.8 Å². The van der Waals surface area contributed by atoms with Crippen LogP contribution in [0.2, 0.25) is 0 Å². The molecule has 7 nitrogen and oxygen atoms in total. The van der Waals surface area contributed by atoms with Crippen molar-refractivity contribution in [2.24, 2.45) is 0 Å². The fourth-order valence-electron chi connectivity index (χ4n) is 3.62. The van der Waals surface area contributed by atoms with Gasteiger partial charge in [0.2, 0.25) is 0 Å². The molecule has 0 fully saturated rings. The van der Waals surface area contributed by atoms with Crippen molar-refractivity contribution in [1.82, 2.24) is 9.13 Å². The first kappa shape index (κ1) is 18.0. The molecule has 1 atom stereocenters. The van der Waals surface area contributed by atoms with Gasteiger partial charge in [0.15, 0.2) is 0 Å². The van der Waals surface area contributed by atoms with E-state index in [2.05, 4.69) is 0 Å². The van der Waals surface area contributed by atoms with Crippen molar-refractivity contribution in [3.8, 4) is 11.8 Å². The Morgan fingerprint density at radius 2 is 1.96 bits per heavy atom. The molecule has 0 aliphatic carbocycles. The molecular weight excluding hydrogens is 358 g/mol. The summed E-state index contributed by atoms with van der Waals surface area (Å²) in [6.07, 6.45) is 0.200. The molecule has 4 rings (SSSR count). The second-order valence-corrected chi connectivity index (χ2v) is 6.86. The Morgan fingerprint density at radius 3 is 2.75 bits per heavy atom. The minimum Gasteiger partial charge on any atom is -0.491 e. The molecule has 28 heavy (non-hydrogen) atoms. The Morgan fingerprint density at radius 1 is 1.18 bits per heavy atom. The number of fused-ring (bicyclic) bond motifs is 2. The van der Waals surface area contributed by atoms with Gasteiger partial charge < -0.3 is 9.84 Å². The van der Waals surface area contributed by atoms with E-state index >= 15 is 0 Å². The Balaban J connectivity index is 1.52. The Labute approximate surface area is 160 Å². The van der Waals surface area contributed by atoms with Gasteiger partial charge in [-0.15, -0.1) is 0 Å². The Hall–Kier alpha value is -3.37. The highest BCUT2D eigenvalue weighted by Crippen LogP contribution is 2.20. The van der Waals surface area contributed by atoms with E-state index in [1.54, 1.807) is 6.07 Å². The van der Waals surface area contributed by atoms with Crippen LogP contribution in [0.3, 0.4) is 0 Å². The van der Waals surface area contributed by atoms with Crippen molar-refractivity contribution in [1.29, 1.82) is 5.26 Å². The van der Waals surface area contributed by atoms with E-state index in [-0.39, 0.29) is 18.7 Å². The number of aliphatic hydroxyl groups is 1.